The maximum atomic E-state index is 10.7. The van der Waals surface area contributed by atoms with Crippen LogP contribution in [0.3, 0.4) is 0 Å². The Morgan fingerprint density at radius 1 is 1.00 bits per heavy atom. The van der Waals surface area contributed by atoms with Crippen molar-refractivity contribution < 1.29 is 4.79 Å². The fourth-order valence-corrected chi connectivity index (χ4v) is 2.00. The smallest absolute Gasteiger partial charge is 0.123 e. The first kappa shape index (κ1) is 15.4. The summed E-state index contributed by atoms with van der Waals surface area (Å²) >= 11 is 0. The van der Waals surface area contributed by atoms with E-state index in [2.05, 4.69) is 13.5 Å². The van der Waals surface area contributed by atoms with Crippen LogP contribution in [0.4, 0.5) is 0 Å². The van der Waals surface area contributed by atoms with Crippen LogP contribution in [-0.2, 0) is 4.79 Å². The summed E-state index contributed by atoms with van der Waals surface area (Å²) in [6, 6.07) is 0. The SMILES string of the molecule is C=CC[C@@H](C=O)CCCCCCCCCC. The van der Waals surface area contributed by atoms with Gasteiger partial charge in [-0.2, -0.15) is 0 Å². The lowest BCUT2D eigenvalue weighted by molar-refractivity contribution is -0.111. The first-order valence-electron chi connectivity index (χ1n) is 6.91. The lowest BCUT2D eigenvalue weighted by Gasteiger charge is -2.06. The summed E-state index contributed by atoms with van der Waals surface area (Å²) in [4.78, 5) is 10.7. The maximum Gasteiger partial charge on any atom is 0.123 e. The first-order chi connectivity index (χ1) is 7.85. The zero-order valence-electron chi connectivity index (χ0n) is 10.9. The fraction of sp³-hybridized carbons (Fsp3) is 0.800. The minimum absolute atomic E-state index is 0.220. The van der Waals surface area contributed by atoms with Gasteiger partial charge in [0.15, 0.2) is 0 Å². The number of unbranched alkanes of at least 4 members (excludes halogenated alkanes) is 7. The summed E-state index contributed by atoms with van der Waals surface area (Å²) in [5.41, 5.74) is 0. The molecule has 1 heteroatoms. The van der Waals surface area contributed by atoms with Gasteiger partial charge in [-0.15, -0.1) is 6.58 Å². The van der Waals surface area contributed by atoms with E-state index in [0.717, 1.165) is 19.1 Å². The summed E-state index contributed by atoms with van der Waals surface area (Å²) in [7, 11) is 0. The van der Waals surface area contributed by atoms with E-state index in [4.69, 9.17) is 0 Å². The molecule has 0 amide bonds. The summed E-state index contributed by atoms with van der Waals surface area (Å²) in [5.74, 6) is 0.220. The minimum atomic E-state index is 0.220. The standard InChI is InChI=1S/C15H28O/c1-3-5-6-7-8-9-10-11-13-15(14-16)12-4-2/h4,14-15H,2-3,5-13H2,1H3/t15-/m1/s1. The molecule has 94 valence electrons. The van der Waals surface area contributed by atoms with Crippen LogP contribution in [0.15, 0.2) is 12.7 Å². The van der Waals surface area contributed by atoms with E-state index >= 15 is 0 Å². The largest absolute Gasteiger partial charge is 0.303 e. The highest BCUT2D eigenvalue weighted by Gasteiger charge is 2.03. The molecule has 0 bridgehead atoms. The average molecular weight is 224 g/mol. The van der Waals surface area contributed by atoms with Crippen LogP contribution < -0.4 is 0 Å². The van der Waals surface area contributed by atoms with Gasteiger partial charge < -0.3 is 4.79 Å². The predicted octanol–water partition coefficient (Wildman–Crippen LogP) is 4.91. The van der Waals surface area contributed by atoms with Crippen molar-refractivity contribution in [1.82, 2.24) is 0 Å². The molecule has 0 N–H and O–H groups in total. The molecule has 1 atom stereocenters. The third-order valence-electron chi connectivity index (χ3n) is 3.09. The molecule has 0 fully saturated rings. The highest BCUT2D eigenvalue weighted by atomic mass is 16.1. The molecule has 0 aliphatic rings. The Balaban J connectivity index is 3.18. The van der Waals surface area contributed by atoms with Crippen molar-refractivity contribution >= 4 is 6.29 Å². The molecule has 0 saturated carbocycles. The Bertz CT molecular complexity index is 163. The van der Waals surface area contributed by atoms with Gasteiger partial charge in [0, 0.05) is 5.92 Å². The van der Waals surface area contributed by atoms with Crippen LogP contribution in [-0.4, -0.2) is 6.29 Å². The summed E-state index contributed by atoms with van der Waals surface area (Å²) in [5, 5.41) is 0. The second-order valence-electron chi connectivity index (χ2n) is 4.68. The normalized spacial score (nSPS) is 12.3. The first-order valence-corrected chi connectivity index (χ1v) is 6.91. The highest BCUT2D eigenvalue weighted by molar-refractivity contribution is 5.53. The minimum Gasteiger partial charge on any atom is -0.303 e. The zero-order valence-corrected chi connectivity index (χ0v) is 10.9. The Hall–Kier alpha value is -0.590. The van der Waals surface area contributed by atoms with Gasteiger partial charge in [0.05, 0.1) is 0 Å². The molecule has 0 heterocycles. The van der Waals surface area contributed by atoms with E-state index in [-0.39, 0.29) is 5.92 Å². The van der Waals surface area contributed by atoms with Gasteiger partial charge in [0.2, 0.25) is 0 Å². The summed E-state index contributed by atoms with van der Waals surface area (Å²) < 4.78 is 0. The molecule has 0 aliphatic heterocycles. The van der Waals surface area contributed by atoms with Crippen LogP contribution in [0, 0.1) is 5.92 Å². The fourth-order valence-electron chi connectivity index (χ4n) is 2.00. The van der Waals surface area contributed by atoms with E-state index in [1.165, 1.54) is 51.4 Å². The van der Waals surface area contributed by atoms with Crippen molar-refractivity contribution in [3.05, 3.63) is 12.7 Å². The van der Waals surface area contributed by atoms with Crippen LogP contribution in [0.1, 0.15) is 71.1 Å². The Kier molecular flexibility index (Phi) is 12.0. The van der Waals surface area contributed by atoms with Crippen molar-refractivity contribution in [2.45, 2.75) is 71.1 Å². The van der Waals surface area contributed by atoms with Crippen molar-refractivity contribution in [3.8, 4) is 0 Å². The maximum absolute atomic E-state index is 10.7. The van der Waals surface area contributed by atoms with Crippen molar-refractivity contribution in [2.75, 3.05) is 0 Å². The Labute approximate surface area is 101 Å². The van der Waals surface area contributed by atoms with Crippen LogP contribution in [0.2, 0.25) is 0 Å². The summed E-state index contributed by atoms with van der Waals surface area (Å²) in [6.07, 6.45) is 15.5. The number of carbonyl (C=O) groups is 1. The Morgan fingerprint density at radius 3 is 2.06 bits per heavy atom. The number of hydrogen-bond donors (Lipinski definition) is 0. The second-order valence-corrected chi connectivity index (χ2v) is 4.68. The van der Waals surface area contributed by atoms with E-state index in [1.54, 1.807) is 0 Å². The molecule has 0 unspecified atom stereocenters. The number of allylic oxidation sites excluding steroid dienone is 1. The molecule has 0 aromatic carbocycles. The molecule has 0 rings (SSSR count). The van der Waals surface area contributed by atoms with Gasteiger partial charge in [-0.05, 0) is 12.8 Å². The van der Waals surface area contributed by atoms with Gasteiger partial charge in [-0.25, -0.2) is 0 Å². The molecule has 0 spiro atoms. The van der Waals surface area contributed by atoms with Crippen molar-refractivity contribution in [1.29, 1.82) is 0 Å². The van der Waals surface area contributed by atoms with Gasteiger partial charge in [-0.3, -0.25) is 0 Å². The van der Waals surface area contributed by atoms with E-state index in [0.29, 0.717) is 0 Å². The third-order valence-corrected chi connectivity index (χ3v) is 3.09. The molecule has 0 aromatic rings. The van der Waals surface area contributed by atoms with Crippen molar-refractivity contribution in [3.63, 3.8) is 0 Å². The third kappa shape index (κ3) is 9.95. The number of hydrogen-bond acceptors (Lipinski definition) is 1. The Morgan fingerprint density at radius 2 is 1.56 bits per heavy atom. The van der Waals surface area contributed by atoms with E-state index < -0.39 is 0 Å². The van der Waals surface area contributed by atoms with Crippen LogP contribution >= 0.6 is 0 Å². The zero-order chi connectivity index (χ0) is 12.1. The molecule has 0 saturated heterocycles. The monoisotopic (exact) mass is 224 g/mol. The lowest BCUT2D eigenvalue weighted by Crippen LogP contribution is -2.00. The average Bonchev–Trinajstić information content (AvgIpc) is 2.31. The number of carbonyl (C=O) groups excluding carboxylic acids is 1. The van der Waals surface area contributed by atoms with E-state index in [9.17, 15) is 4.79 Å². The molecular formula is C15H28O. The lowest BCUT2D eigenvalue weighted by atomic mass is 9.98. The van der Waals surface area contributed by atoms with Gasteiger partial charge in [0.25, 0.3) is 0 Å². The van der Waals surface area contributed by atoms with Crippen LogP contribution in [0.5, 0.6) is 0 Å². The number of rotatable bonds is 12. The number of aldehydes is 1. The molecule has 0 aromatic heterocycles. The molecular weight excluding hydrogens is 196 g/mol. The van der Waals surface area contributed by atoms with Crippen molar-refractivity contribution in [2.24, 2.45) is 5.92 Å². The molecule has 0 aliphatic carbocycles. The van der Waals surface area contributed by atoms with Gasteiger partial charge in [0.1, 0.15) is 6.29 Å². The van der Waals surface area contributed by atoms with Gasteiger partial charge >= 0.3 is 0 Å². The van der Waals surface area contributed by atoms with E-state index in [1.807, 2.05) is 6.08 Å². The predicted molar refractivity (Wildman–Crippen MR) is 71.6 cm³/mol. The topological polar surface area (TPSA) is 17.1 Å². The quantitative estimate of drug-likeness (QED) is 0.261. The summed E-state index contributed by atoms with van der Waals surface area (Å²) in [6.45, 7) is 5.92. The molecule has 1 nitrogen and oxygen atoms in total. The second kappa shape index (κ2) is 12.5. The van der Waals surface area contributed by atoms with Gasteiger partial charge in [-0.1, -0.05) is 64.4 Å². The highest BCUT2D eigenvalue weighted by Crippen LogP contribution is 2.14. The molecule has 0 radical (unpaired) electrons. The molecule has 16 heavy (non-hydrogen) atoms. The van der Waals surface area contributed by atoms with Crippen LogP contribution in [0.25, 0.3) is 0 Å².